The molecule has 0 radical (unpaired) electrons. The average Bonchev–Trinajstić information content (AvgIpc) is 3.40. The summed E-state index contributed by atoms with van der Waals surface area (Å²) in [5.41, 5.74) is 0.212. The van der Waals surface area contributed by atoms with Crippen LogP contribution in [0.1, 0.15) is 29.0 Å². The van der Waals surface area contributed by atoms with Crippen molar-refractivity contribution in [3.8, 4) is 5.75 Å². The van der Waals surface area contributed by atoms with Gasteiger partial charge < -0.3 is 20.5 Å². The molecule has 39 heavy (non-hydrogen) atoms. The van der Waals surface area contributed by atoms with Gasteiger partial charge in [0.1, 0.15) is 12.4 Å². The van der Waals surface area contributed by atoms with Crippen LogP contribution in [0.5, 0.6) is 5.75 Å². The number of aliphatic carboxylic acids is 1. The molecule has 4 rings (SSSR count). The second-order valence-corrected chi connectivity index (χ2v) is 11.0. The van der Waals surface area contributed by atoms with Crippen molar-refractivity contribution >= 4 is 27.5 Å². The number of sulfone groups is 1. The highest BCUT2D eigenvalue weighted by molar-refractivity contribution is 7.91. The van der Waals surface area contributed by atoms with E-state index < -0.39 is 39.2 Å². The third-order valence-electron chi connectivity index (χ3n) is 5.96. The minimum atomic E-state index is -4.56. The Bertz CT molecular complexity index is 1440. The zero-order valence-corrected chi connectivity index (χ0v) is 21.4. The van der Waals surface area contributed by atoms with E-state index in [0.717, 1.165) is 12.1 Å². The fourth-order valence-corrected chi connectivity index (χ4v) is 5.69. The molecule has 1 aliphatic rings. The number of halogens is 3. The molecule has 0 bridgehead atoms. The molecule has 3 aromatic rings. The van der Waals surface area contributed by atoms with Gasteiger partial charge in [0.15, 0.2) is 15.8 Å². The molecule has 206 valence electrons. The molecule has 1 aliphatic heterocycles. The number of hydrogen-bond acceptors (Lipinski definition) is 7. The molecule has 0 fully saturated rings. The highest BCUT2D eigenvalue weighted by Crippen LogP contribution is 2.33. The number of guanidine groups is 1. The molecule has 1 heterocycles. The Morgan fingerprint density at radius 1 is 1.08 bits per heavy atom. The molecule has 0 amide bonds. The van der Waals surface area contributed by atoms with E-state index >= 15 is 0 Å². The standard InChI is InChI=1S/C27H26F3N3O5S/c28-27(29,30)21-12-18(13-22(15-21)33-26-31-10-11-32-26)16-38-23-6-8-24(9-7-23)39(36,37)17-20(14-25(34)35)19-4-2-1-3-5-19/h1-9,12-13,15,20H,10-11,14,16-17H2,(H,34,35)(H2,31,32,33). The number of benzene rings is 3. The first-order valence-electron chi connectivity index (χ1n) is 12.0. The van der Waals surface area contributed by atoms with Gasteiger partial charge in [-0.1, -0.05) is 30.3 Å². The van der Waals surface area contributed by atoms with Crippen LogP contribution in [0.4, 0.5) is 18.9 Å². The monoisotopic (exact) mass is 561 g/mol. The van der Waals surface area contributed by atoms with Crippen molar-refractivity contribution < 1.29 is 36.2 Å². The Morgan fingerprint density at radius 3 is 2.41 bits per heavy atom. The smallest absolute Gasteiger partial charge is 0.416 e. The Kier molecular flexibility index (Phi) is 8.44. The number of nitrogens with zero attached hydrogens (tertiary/aromatic N) is 1. The van der Waals surface area contributed by atoms with Gasteiger partial charge in [-0.2, -0.15) is 13.2 Å². The van der Waals surface area contributed by atoms with Crippen molar-refractivity contribution in [1.82, 2.24) is 5.32 Å². The van der Waals surface area contributed by atoms with E-state index in [2.05, 4.69) is 15.6 Å². The molecular formula is C27H26F3N3O5S. The first-order valence-corrected chi connectivity index (χ1v) is 13.6. The predicted molar refractivity (Wildman–Crippen MR) is 140 cm³/mol. The third-order valence-corrected chi connectivity index (χ3v) is 7.79. The van der Waals surface area contributed by atoms with Gasteiger partial charge in [0, 0.05) is 18.2 Å². The number of aliphatic imine (C=N–C) groups is 1. The van der Waals surface area contributed by atoms with Crippen molar-refractivity contribution in [3.63, 3.8) is 0 Å². The number of rotatable bonds is 10. The molecule has 3 aromatic carbocycles. The molecule has 0 saturated heterocycles. The highest BCUT2D eigenvalue weighted by atomic mass is 32.2. The van der Waals surface area contributed by atoms with Gasteiger partial charge in [-0.15, -0.1) is 0 Å². The van der Waals surface area contributed by atoms with Crippen LogP contribution < -0.4 is 15.4 Å². The minimum absolute atomic E-state index is 0.0171. The number of hydrogen-bond donors (Lipinski definition) is 3. The average molecular weight is 562 g/mol. The van der Waals surface area contributed by atoms with E-state index in [1.165, 1.54) is 30.3 Å². The van der Waals surface area contributed by atoms with Crippen molar-refractivity contribution in [2.24, 2.45) is 4.99 Å². The summed E-state index contributed by atoms with van der Waals surface area (Å²) in [6, 6.07) is 17.5. The fourth-order valence-electron chi connectivity index (χ4n) is 4.11. The summed E-state index contributed by atoms with van der Waals surface area (Å²) in [7, 11) is -3.85. The van der Waals surface area contributed by atoms with Crippen LogP contribution in [0.25, 0.3) is 0 Å². The second kappa shape index (κ2) is 11.8. The summed E-state index contributed by atoms with van der Waals surface area (Å²) in [6.07, 6.45) is -4.91. The molecule has 1 atom stereocenters. The number of nitrogens with one attached hydrogen (secondary N) is 2. The highest BCUT2D eigenvalue weighted by Gasteiger charge is 2.31. The van der Waals surface area contributed by atoms with Gasteiger partial charge in [-0.25, -0.2) is 8.42 Å². The maximum atomic E-state index is 13.4. The normalized spacial score (nSPS) is 14.3. The SMILES string of the molecule is O=C(O)CC(CS(=O)(=O)c1ccc(OCc2cc(NC3=NCCN3)cc(C(F)(F)F)c2)cc1)c1ccccc1. The lowest BCUT2D eigenvalue weighted by Gasteiger charge is -2.16. The van der Waals surface area contributed by atoms with E-state index in [9.17, 15) is 31.5 Å². The summed E-state index contributed by atoms with van der Waals surface area (Å²) < 4.78 is 72.1. The van der Waals surface area contributed by atoms with E-state index in [1.807, 2.05) is 0 Å². The molecule has 0 aliphatic carbocycles. The zero-order valence-electron chi connectivity index (χ0n) is 20.6. The number of anilines is 1. The molecule has 0 spiro atoms. The van der Waals surface area contributed by atoms with Crippen LogP contribution in [0.15, 0.2) is 82.7 Å². The van der Waals surface area contributed by atoms with Crippen molar-refractivity contribution in [2.45, 2.75) is 30.0 Å². The Labute approximate surface area is 223 Å². The van der Waals surface area contributed by atoms with Crippen molar-refractivity contribution in [3.05, 3.63) is 89.5 Å². The van der Waals surface area contributed by atoms with Crippen LogP contribution in [0, 0.1) is 0 Å². The third kappa shape index (κ3) is 7.73. The van der Waals surface area contributed by atoms with Crippen LogP contribution >= 0.6 is 0 Å². The zero-order chi connectivity index (χ0) is 28.0. The summed E-state index contributed by atoms with van der Waals surface area (Å²) >= 11 is 0. The summed E-state index contributed by atoms with van der Waals surface area (Å²) in [5.74, 6) is -1.60. The van der Waals surface area contributed by atoms with Gasteiger partial charge in [0.05, 0.1) is 29.2 Å². The molecule has 0 aromatic heterocycles. The summed E-state index contributed by atoms with van der Waals surface area (Å²) in [4.78, 5) is 15.4. The van der Waals surface area contributed by atoms with Crippen LogP contribution in [0.3, 0.4) is 0 Å². The number of ether oxygens (including phenoxy) is 1. The van der Waals surface area contributed by atoms with Gasteiger partial charge in [0.25, 0.3) is 0 Å². The lowest BCUT2D eigenvalue weighted by molar-refractivity contribution is -0.138. The van der Waals surface area contributed by atoms with Crippen LogP contribution in [-0.4, -0.2) is 44.3 Å². The quantitative estimate of drug-likeness (QED) is 0.329. The molecule has 0 saturated carbocycles. The molecule has 12 heteroatoms. The number of alkyl halides is 3. The second-order valence-electron chi connectivity index (χ2n) is 8.95. The van der Waals surface area contributed by atoms with E-state index in [4.69, 9.17) is 4.74 Å². The lowest BCUT2D eigenvalue weighted by Crippen LogP contribution is -2.26. The van der Waals surface area contributed by atoms with E-state index in [1.54, 1.807) is 30.3 Å². The van der Waals surface area contributed by atoms with Gasteiger partial charge in [0.2, 0.25) is 0 Å². The lowest BCUT2D eigenvalue weighted by atomic mass is 9.98. The predicted octanol–water partition coefficient (Wildman–Crippen LogP) is 4.69. The van der Waals surface area contributed by atoms with Crippen LogP contribution in [-0.2, 0) is 27.4 Å². The van der Waals surface area contributed by atoms with Gasteiger partial charge in [-0.3, -0.25) is 9.79 Å². The molecule has 3 N–H and O–H groups in total. The molecule has 1 unspecified atom stereocenters. The maximum Gasteiger partial charge on any atom is 0.416 e. The minimum Gasteiger partial charge on any atom is -0.489 e. The summed E-state index contributed by atoms with van der Waals surface area (Å²) in [6.45, 7) is 0.921. The van der Waals surface area contributed by atoms with E-state index in [0.29, 0.717) is 24.6 Å². The van der Waals surface area contributed by atoms with Crippen molar-refractivity contribution in [2.75, 3.05) is 24.2 Å². The first kappa shape index (κ1) is 28.0. The van der Waals surface area contributed by atoms with E-state index in [-0.39, 0.29) is 34.9 Å². The topological polar surface area (TPSA) is 117 Å². The number of carboxylic acids is 1. The molecular weight excluding hydrogens is 535 g/mol. The van der Waals surface area contributed by atoms with Crippen LogP contribution in [0.2, 0.25) is 0 Å². The first-order chi connectivity index (χ1) is 18.5. The molecule has 8 nitrogen and oxygen atoms in total. The number of carbonyl (C=O) groups is 1. The maximum absolute atomic E-state index is 13.4. The largest absolute Gasteiger partial charge is 0.489 e. The Hall–Kier alpha value is -4.06. The Balaban J connectivity index is 1.46. The fraction of sp³-hybridized carbons (Fsp3) is 0.259. The van der Waals surface area contributed by atoms with Crippen molar-refractivity contribution in [1.29, 1.82) is 0 Å². The Morgan fingerprint density at radius 2 is 1.79 bits per heavy atom. The van der Waals surface area contributed by atoms with Gasteiger partial charge in [-0.05, 0) is 53.6 Å². The summed E-state index contributed by atoms with van der Waals surface area (Å²) in [5, 5.41) is 15.0. The van der Waals surface area contributed by atoms with Gasteiger partial charge >= 0.3 is 12.1 Å². The number of carboxylic acid groups (broad SMARTS) is 1.